The first-order valence-corrected chi connectivity index (χ1v) is 7.60. The van der Waals surface area contributed by atoms with Crippen LogP contribution in [0.3, 0.4) is 0 Å². The topological polar surface area (TPSA) is 29.9 Å². The third-order valence-electron chi connectivity index (χ3n) is 4.12. The number of rotatable bonds is 7. The first-order valence-electron chi connectivity index (χ1n) is 7.60. The molecule has 3 rings (SSSR count). The lowest BCUT2D eigenvalue weighted by atomic mass is 9.98. The molecule has 3 heteroatoms. The predicted octanol–water partition coefficient (Wildman–Crippen LogP) is 3.33. The summed E-state index contributed by atoms with van der Waals surface area (Å²) >= 11 is 0. The molecule has 0 radical (unpaired) electrons. The van der Waals surface area contributed by atoms with Crippen LogP contribution < -0.4 is 5.32 Å². The van der Waals surface area contributed by atoms with Gasteiger partial charge in [-0.25, -0.2) is 4.98 Å². The van der Waals surface area contributed by atoms with Crippen molar-refractivity contribution in [2.75, 3.05) is 0 Å². The van der Waals surface area contributed by atoms with Gasteiger partial charge in [-0.3, -0.25) is 0 Å². The van der Waals surface area contributed by atoms with E-state index in [1.54, 1.807) is 0 Å². The van der Waals surface area contributed by atoms with Gasteiger partial charge in [0.25, 0.3) is 0 Å². The summed E-state index contributed by atoms with van der Waals surface area (Å²) in [5.41, 5.74) is 2.72. The van der Waals surface area contributed by atoms with Crippen molar-refractivity contribution in [1.82, 2.24) is 14.9 Å². The fraction of sp³-hybridized carbons (Fsp3) is 0.471. The summed E-state index contributed by atoms with van der Waals surface area (Å²) in [7, 11) is 0. The lowest BCUT2D eigenvalue weighted by Crippen LogP contribution is -2.18. The summed E-state index contributed by atoms with van der Waals surface area (Å²) < 4.78 is 2.29. The van der Waals surface area contributed by atoms with Crippen LogP contribution in [0.1, 0.15) is 43.4 Å². The van der Waals surface area contributed by atoms with Crippen molar-refractivity contribution in [2.45, 2.75) is 51.2 Å². The van der Waals surface area contributed by atoms with Crippen molar-refractivity contribution < 1.29 is 0 Å². The summed E-state index contributed by atoms with van der Waals surface area (Å²) in [5.74, 6) is 0.586. The summed E-state index contributed by atoms with van der Waals surface area (Å²) in [6.07, 6.45) is 7.76. The minimum Gasteiger partial charge on any atom is -0.333 e. The third kappa shape index (κ3) is 3.48. The van der Waals surface area contributed by atoms with Gasteiger partial charge in [0.15, 0.2) is 0 Å². The second-order valence-electron chi connectivity index (χ2n) is 5.83. The van der Waals surface area contributed by atoms with Crippen molar-refractivity contribution in [3.8, 4) is 0 Å². The molecule has 1 saturated carbocycles. The van der Waals surface area contributed by atoms with Gasteiger partial charge in [-0.15, -0.1) is 0 Å². The smallest absolute Gasteiger partial charge is 0.0948 e. The molecule has 3 nitrogen and oxygen atoms in total. The van der Waals surface area contributed by atoms with E-state index >= 15 is 0 Å². The molecule has 0 aliphatic heterocycles. The Hall–Kier alpha value is -1.61. The molecule has 0 saturated heterocycles. The molecule has 1 aliphatic rings. The van der Waals surface area contributed by atoms with Gasteiger partial charge in [-0.2, -0.15) is 0 Å². The average molecular weight is 269 g/mol. The standard InChI is InChI=1S/C17H23N3/c1-14(15-5-3-2-4-6-15)9-10-20-13-18-11-17(20)12-19-16-7-8-16/h2-6,11,13-14,16,19H,7-10,12H2,1H3. The van der Waals surface area contributed by atoms with Crippen LogP contribution in [0.5, 0.6) is 0 Å². The van der Waals surface area contributed by atoms with Gasteiger partial charge in [-0.05, 0) is 30.7 Å². The Bertz CT molecular complexity index is 528. The molecule has 1 atom stereocenters. The Morgan fingerprint density at radius 2 is 2.10 bits per heavy atom. The van der Waals surface area contributed by atoms with E-state index in [1.807, 2.05) is 12.5 Å². The second-order valence-corrected chi connectivity index (χ2v) is 5.83. The number of nitrogens with zero attached hydrogens (tertiary/aromatic N) is 2. The Labute approximate surface area is 121 Å². The lowest BCUT2D eigenvalue weighted by Gasteiger charge is -2.14. The fourth-order valence-corrected chi connectivity index (χ4v) is 2.51. The Kier molecular flexibility index (Phi) is 4.16. The van der Waals surface area contributed by atoms with E-state index in [0.717, 1.165) is 25.6 Å². The maximum absolute atomic E-state index is 4.29. The zero-order valence-corrected chi connectivity index (χ0v) is 12.1. The van der Waals surface area contributed by atoms with E-state index < -0.39 is 0 Å². The largest absolute Gasteiger partial charge is 0.333 e. The SMILES string of the molecule is CC(CCn1cncc1CNC1CC1)c1ccccc1. The molecule has 1 aliphatic carbocycles. The second kappa shape index (κ2) is 6.23. The number of aryl methyl sites for hydroxylation is 1. The number of nitrogens with one attached hydrogen (secondary N) is 1. The summed E-state index contributed by atoms with van der Waals surface area (Å²) in [6.45, 7) is 4.29. The van der Waals surface area contributed by atoms with E-state index in [4.69, 9.17) is 0 Å². The molecule has 1 aromatic carbocycles. The highest BCUT2D eigenvalue weighted by molar-refractivity contribution is 5.18. The van der Waals surface area contributed by atoms with Crippen LogP contribution in [0, 0.1) is 0 Å². The van der Waals surface area contributed by atoms with Crippen LogP contribution in [-0.4, -0.2) is 15.6 Å². The van der Waals surface area contributed by atoms with E-state index in [-0.39, 0.29) is 0 Å². The zero-order valence-electron chi connectivity index (χ0n) is 12.1. The fourth-order valence-electron chi connectivity index (χ4n) is 2.51. The van der Waals surface area contributed by atoms with Crippen LogP contribution >= 0.6 is 0 Å². The van der Waals surface area contributed by atoms with Crippen molar-refractivity contribution in [1.29, 1.82) is 0 Å². The molecule has 2 aromatic rings. The molecule has 1 N–H and O–H groups in total. The summed E-state index contributed by atoms with van der Waals surface area (Å²) in [4.78, 5) is 4.29. The maximum atomic E-state index is 4.29. The number of aromatic nitrogens is 2. The first kappa shape index (κ1) is 13.4. The van der Waals surface area contributed by atoms with Crippen LogP contribution in [-0.2, 0) is 13.1 Å². The van der Waals surface area contributed by atoms with Crippen LogP contribution in [0.4, 0.5) is 0 Å². The van der Waals surface area contributed by atoms with Gasteiger partial charge >= 0.3 is 0 Å². The van der Waals surface area contributed by atoms with Crippen LogP contribution in [0.15, 0.2) is 42.9 Å². The van der Waals surface area contributed by atoms with Crippen LogP contribution in [0.2, 0.25) is 0 Å². The number of benzene rings is 1. The predicted molar refractivity (Wildman–Crippen MR) is 81.6 cm³/mol. The molecule has 0 amide bonds. The average Bonchev–Trinajstić information content (AvgIpc) is 3.22. The molecule has 1 unspecified atom stereocenters. The number of hydrogen-bond acceptors (Lipinski definition) is 2. The van der Waals surface area contributed by atoms with Gasteiger partial charge in [0.05, 0.1) is 12.0 Å². The minimum atomic E-state index is 0.586. The Morgan fingerprint density at radius 3 is 2.85 bits per heavy atom. The Balaban J connectivity index is 1.53. The highest BCUT2D eigenvalue weighted by Gasteiger charge is 2.20. The minimum absolute atomic E-state index is 0.586. The normalized spacial score (nSPS) is 16.2. The van der Waals surface area contributed by atoms with Gasteiger partial charge in [0, 0.05) is 25.3 Å². The van der Waals surface area contributed by atoms with Gasteiger partial charge < -0.3 is 9.88 Å². The number of imidazole rings is 1. The molecular weight excluding hydrogens is 246 g/mol. The van der Waals surface area contributed by atoms with Gasteiger partial charge in [0.1, 0.15) is 0 Å². The summed E-state index contributed by atoms with van der Waals surface area (Å²) in [6, 6.07) is 11.5. The lowest BCUT2D eigenvalue weighted by molar-refractivity contribution is 0.546. The van der Waals surface area contributed by atoms with E-state index in [1.165, 1.54) is 24.1 Å². The Morgan fingerprint density at radius 1 is 1.30 bits per heavy atom. The van der Waals surface area contributed by atoms with Crippen molar-refractivity contribution in [2.24, 2.45) is 0 Å². The molecule has 106 valence electrons. The maximum Gasteiger partial charge on any atom is 0.0948 e. The van der Waals surface area contributed by atoms with Gasteiger partial charge in [-0.1, -0.05) is 37.3 Å². The summed E-state index contributed by atoms with van der Waals surface area (Å²) in [5, 5.41) is 3.56. The van der Waals surface area contributed by atoms with Gasteiger partial charge in [0.2, 0.25) is 0 Å². The molecule has 0 bridgehead atoms. The molecule has 1 fully saturated rings. The first-order chi connectivity index (χ1) is 9.83. The molecule has 0 spiro atoms. The molecule has 1 heterocycles. The number of hydrogen-bond donors (Lipinski definition) is 1. The van der Waals surface area contributed by atoms with E-state index in [2.05, 4.69) is 52.1 Å². The van der Waals surface area contributed by atoms with E-state index in [0.29, 0.717) is 5.92 Å². The molecular formula is C17H23N3. The van der Waals surface area contributed by atoms with Crippen molar-refractivity contribution >= 4 is 0 Å². The highest BCUT2D eigenvalue weighted by Crippen LogP contribution is 2.21. The monoisotopic (exact) mass is 269 g/mol. The quantitative estimate of drug-likeness (QED) is 0.835. The van der Waals surface area contributed by atoms with Crippen LogP contribution in [0.25, 0.3) is 0 Å². The van der Waals surface area contributed by atoms with E-state index in [9.17, 15) is 0 Å². The molecule has 1 aromatic heterocycles. The third-order valence-corrected chi connectivity index (χ3v) is 4.12. The van der Waals surface area contributed by atoms with Crippen molar-refractivity contribution in [3.05, 3.63) is 54.1 Å². The molecule has 20 heavy (non-hydrogen) atoms. The van der Waals surface area contributed by atoms with Crippen molar-refractivity contribution in [3.63, 3.8) is 0 Å². The zero-order chi connectivity index (χ0) is 13.8. The highest BCUT2D eigenvalue weighted by atomic mass is 15.1.